The number of nitrogens with one attached hydrogen (secondary N) is 1. The maximum absolute atomic E-state index is 13.1. The first-order valence-electron chi connectivity index (χ1n) is 14.0. The Kier molecular flexibility index (Phi) is 8.81. The summed E-state index contributed by atoms with van der Waals surface area (Å²) in [5, 5.41) is 23.0. The van der Waals surface area contributed by atoms with E-state index in [2.05, 4.69) is 26.6 Å². The van der Waals surface area contributed by atoms with Gasteiger partial charge in [-0.25, -0.2) is 9.78 Å². The van der Waals surface area contributed by atoms with Crippen LogP contribution < -0.4 is 10.1 Å². The number of pyridine rings is 1. The summed E-state index contributed by atoms with van der Waals surface area (Å²) in [4.78, 5) is 19.2. The van der Waals surface area contributed by atoms with Gasteiger partial charge in [0.2, 0.25) is 0 Å². The number of nitrogens with zero attached hydrogens (tertiary/aromatic N) is 5. The fraction of sp³-hybridized carbons (Fsp3) is 0.516. The molecule has 1 saturated heterocycles. The molecular formula is C31H40N6O4S. The minimum absolute atomic E-state index is 0.160. The van der Waals surface area contributed by atoms with Crippen LogP contribution in [0.15, 0.2) is 24.4 Å². The van der Waals surface area contributed by atoms with Gasteiger partial charge in [0, 0.05) is 23.4 Å². The van der Waals surface area contributed by atoms with Gasteiger partial charge in [0.05, 0.1) is 17.7 Å². The molecule has 1 N–H and O–H groups in total. The zero-order valence-electron chi connectivity index (χ0n) is 26.0. The summed E-state index contributed by atoms with van der Waals surface area (Å²) in [5.74, 6) is 1.31. The molecule has 0 saturated carbocycles. The van der Waals surface area contributed by atoms with Gasteiger partial charge in [-0.05, 0) is 98.6 Å². The fourth-order valence-corrected chi connectivity index (χ4v) is 5.87. The van der Waals surface area contributed by atoms with Crippen molar-refractivity contribution in [3.05, 3.63) is 41.1 Å². The van der Waals surface area contributed by atoms with E-state index in [9.17, 15) is 10.1 Å². The highest BCUT2D eigenvalue weighted by molar-refractivity contribution is 7.17. The van der Waals surface area contributed by atoms with Crippen molar-refractivity contribution < 1.29 is 19.0 Å². The van der Waals surface area contributed by atoms with Crippen molar-refractivity contribution in [2.45, 2.75) is 98.8 Å². The molecule has 1 aliphatic heterocycles. The Morgan fingerprint density at radius 3 is 2.36 bits per heavy atom. The Bertz CT molecular complexity index is 1480. The minimum atomic E-state index is -0.825. The molecule has 2 atom stereocenters. The predicted molar refractivity (Wildman–Crippen MR) is 164 cm³/mol. The molecule has 0 unspecified atom stereocenters. The Balaban J connectivity index is 1.53. The van der Waals surface area contributed by atoms with Gasteiger partial charge in [0.25, 0.3) is 0 Å². The molecule has 1 fully saturated rings. The van der Waals surface area contributed by atoms with E-state index in [0.717, 1.165) is 33.0 Å². The lowest BCUT2D eigenvalue weighted by Gasteiger charge is -2.35. The third-order valence-corrected chi connectivity index (χ3v) is 7.75. The molecule has 11 heteroatoms. The number of hydrogen-bond donors (Lipinski definition) is 1. The van der Waals surface area contributed by atoms with E-state index in [1.54, 1.807) is 17.2 Å². The number of aryl methyl sites for hydroxylation is 2. The first-order valence-corrected chi connectivity index (χ1v) is 14.9. The summed E-state index contributed by atoms with van der Waals surface area (Å²) in [7, 11) is 0. The second-order valence-corrected chi connectivity index (χ2v) is 13.4. The average molecular weight is 593 g/mol. The van der Waals surface area contributed by atoms with Crippen molar-refractivity contribution in [2.75, 3.05) is 11.9 Å². The molecule has 1 aromatic carbocycles. The zero-order chi connectivity index (χ0) is 31.0. The Hall–Kier alpha value is -3.75. The molecule has 4 rings (SSSR count). The maximum Gasteiger partial charge on any atom is 0.413 e. The molecule has 0 bridgehead atoms. The number of hydrogen-bond acceptors (Lipinski definition) is 10. The van der Waals surface area contributed by atoms with Crippen LogP contribution in [0.2, 0.25) is 0 Å². The molecule has 3 aromatic rings. The highest BCUT2D eigenvalue weighted by Crippen LogP contribution is 2.37. The molecule has 3 heterocycles. The van der Waals surface area contributed by atoms with Crippen LogP contribution in [0.3, 0.4) is 0 Å². The summed E-state index contributed by atoms with van der Waals surface area (Å²) >= 11 is 1.44. The standard InChI is InChI=1S/C31H40N6O4S/c1-17(2)34-26-22(14-32)13-23(15-33-26)28-36-35-27(42-28)21-11-18(3)25(19(4)12-21)39-16-24-20(5)40-31(9,10)37(24)29(38)41-30(6,7)8/h11-13,15,17,20,24H,16H2,1-10H3,(H,33,34)/t20-,24+/m1/s1. The summed E-state index contributed by atoms with van der Waals surface area (Å²) in [5.41, 5.74) is 2.55. The van der Waals surface area contributed by atoms with E-state index in [4.69, 9.17) is 14.2 Å². The number of amides is 1. The number of aromatic nitrogens is 3. The lowest BCUT2D eigenvalue weighted by Crippen LogP contribution is -2.52. The maximum atomic E-state index is 13.1. The van der Waals surface area contributed by atoms with E-state index in [0.29, 0.717) is 16.4 Å². The Morgan fingerprint density at radius 2 is 1.79 bits per heavy atom. The van der Waals surface area contributed by atoms with Gasteiger partial charge < -0.3 is 19.5 Å². The highest BCUT2D eigenvalue weighted by Gasteiger charge is 2.50. The number of benzene rings is 1. The SMILES string of the molecule is Cc1cc(-c2nnc(-c3cnc(NC(C)C)c(C#N)c3)s2)cc(C)c1OC[C@H]1[C@@H](C)OC(C)(C)N1C(=O)OC(C)(C)C. The molecule has 1 amide bonds. The number of anilines is 1. The van der Waals surface area contributed by atoms with Crippen molar-refractivity contribution in [3.8, 4) is 33.0 Å². The van der Waals surface area contributed by atoms with E-state index >= 15 is 0 Å². The molecule has 1 aliphatic rings. The van der Waals surface area contributed by atoms with Gasteiger partial charge in [0.1, 0.15) is 45.6 Å². The zero-order valence-corrected chi connectivity index (χ0v) is 26.8. The van der Waals surface area contributed by atoms with Crippen LogP contribution in [0.25, 0.3) is 21.1 Å². The number of carbonyl (C=O) groups is 1. The van der Waals surface area contributed by atoms with Gasteiger partial charge in [-0.3, -0.25) is 4.90 Å². The molecular weight excluding hydrogens is 552 g/mol. The Morgan fingerprint density at radius 1 is 1.17 bits per heavy atom. The van der Waals surface area contributed by atoms with Gasteiger partial charge in [-0.1, -0.05) is 11.3 Å². The van der Waals surface area contributed by atoms with Gasteiger partial charge in [-0.2, -0.15) is 5.26 Å². The first kappa shape index (κ1) is 31.2. The first-order chi connectivity index (χ1) is 19.6. The quantitative estimate of drug-likeness (QED) is 0.319. The van der Waals surface area contributed by atoms with Crippen molar-refractivity contribution in [3.63, 3.8) is 0 Å². The predicted octanol–water partition coefficient (Wildman–Crippen LogP) is 6.72. The van der Waals surface area contributed by atoms with Crippen LogP contribution >= 0.6 is 11.3 Å². The lowest BCUT2D eigenvalue weighted by atomic mass is 10.1. The van der Waals surface area contributed by atoms with Crippen molar-refractivity contribution in [2.24, 2.45) is 0 Å². The third-order valence-electron chi connectivity index (χ3n) is 6.73. The van der Waals surface area contributed by atoms with Crippen LogP contribution in [0.1, 0.15) is 72.1 Å². The Labute approximate surface area is 252 Å². The number of ether oxygens (including phenoxy) is 3. The summed E-state index contributed by atoms with van der Waals surface area (Å²) in [6.45, 7) is 19.4. The molecule has 2 aromatic heterocycles. The van der Waals surface area contributed by atoms with E-state index < -0.39 is 17.4 Å². The monoisotopic (exact) mass is 592 g/mol. The van der Waals surface area contributed by atoms with Gasteiger partial charge in [0.15, 0.2) is 0 Å². The molecule has 0 spiro atoms. The molecule has 224 valence electrons. The molecule has 0 aliphatic carbocycles. The number of nitriles is 1. The van der Waals surface area contributed by atoms with Gasteiger partial charge in [-0.15, -0.1) is 10.2 Å². The number of rotatable bonds is 7. The second kappa shape index (κ2) is 11.9. The summed E-state index contributed by atoms with van der Waals surface area (Å²) in [6, 6.07) is 7.86. The molecule has 10 nitrogen and oxygen atoms in total. The summed E-state index contributed by atoms with van der Waals surface area (Å²) < 4.78 is 18.2. The van der Waals surface area contributed by atoms with Crippen LogP contribution in [0.5, 0.6) is 5.75 Å². The molecule has 42 heavy (non-hydrogen) atoms. The fourth-order valence-electron chi connectivity index (χ4n) is 5.06. The third kappa shape index (κ3) is 6.82. The van der Waals surface area contributed by atoms with Crippen LogP contribution in [-0.4, -0.2) is 62.3 Å². The van der Waals surface area contributed by atoms with Crippen LogP contribution in [0, 0.1) is 25.2 Å². The van der Waals surface area contributed by atoms with Gasteiger partial charge >= 0.3 is 6.09 Å². The van der Waals surface area contributed by atoms with E-state index in [-0.39, 0.29) is 24.8 Å². The smallest absolute Gasteiger partial charge is 0.413 e. The lowest BCUT2D eigenvalue weighted by molar-refractivity contribution is -0.0760. The normalized spacial score (nSPS) is 18.2. The average Bonchev–Trinajstić information content (AvgIpc) is 3.44. The van der Waals surface area contributed by atoms with Crippen molar-refractivity contribution in [1.82, 2.24) is 20.1 Å². The minimum Gasteiger partial charge on any atom is -0.491 e. The summed E-state index contributed by atoms with van der Waals surface area (Å²) in [6.07, 6.45) is 1.04. The highest BCUT2D eigenvalue weighted by atomic mass is 32.1. The van der Waals surface area contributed by atoms with E-state index in [1.165, 1.54) is 11.3 Å². The number of carbonyl (C=O) groups excluding carboxylic acids is 1. The topological polar surface area (TPSA) is 122 Å². The van der Waals surface area contributed by atoms with E-state index in [1.807, 2.05) is 81.4 Å². The largest absolute Gasteiger partial charge is 0.491 e. The second-order valence-electron chi connectivity index (χ2n) is 12.4. The van der Waals surface area contributed by atoms with Crippen LogP contribution in [0.4, 0.5) is 10.6 Å². The van der Waals surface area contributed by atoms with Crippen molar-refractivity contribution >= 4 is 23.2 Å². The van der Waals surface area contributed by atoms with Crippen molar-refractivity contribution in [1.29, 1.82) is 5.26 Å². The van der Waals surface area contributed by atoms with Crippen LogP contribution in [-0.2, 0) is 9.47 Å². The molecule has 0 radical (unpaired) electrons.